The fourth-order valence-electron chi connectivity index (χ4n) is 7.23. The van der Waals surface area contributed by atoms with Gasteiger partial charge in [-0.1, -0.05) is 141 Å². The number of imidazole rings is 1. The number of fused-ring (bicyclic) bond motifs is 3. The molecular weight excluding hydrogens is 611 g/mol. The van der Waals surface area contributed by atoms with Crippen LogP contribution in [-0.2, 0) is 28.7 Å². The summed E-state index contributed by atoms with van der Waals surface area (Å²) in [6.45, 7) is 20.6. The van der Waals surface area contributed by atoms with E-state index in [0.717, 1.165) is 17.1 Å². The first-order valence-corrected chi connectivity index (χ1v) is 17.7. The largest absolute Gasteiger partial charge is 0.440 e. The Labute approximate surface area is 298 Å². The highest BCUT2D eigenvalue weighted by atomic mass is 16.5. The van der Waals surface area contributed by atoms with Gasteiger partial charge in [0.05, 0.1) is 23.8 Å². The number of hydrogen-bond donors (Lipinski definition) is 0. The molecule has 2 heterocycles. The van der Waals surface area contributed by atoms with Gasteiger partial charge in [-0.2, -0.15) is 0 Å². The second kappa shape index (κ2) is 11.8. The molecule has 0 spiro atoms. The maximum absolute atomic E-state index is 6.75. The monoisotopic (exact) mass is 659 g/mol. The first-order chi connectivity index (χ1) is 23.5. The zero-order valence-corrected chi connectivity index (χ0v) is 31.2. The molecule has 4 nitrogen and oxygen atoms in total. The van der Waals surface area contributed by atoms with Crippen LogP contribution in [0.1, 0.15) is 101 Å². The number of pyridine rings is 1. The van der Waals surface area contributed by atoms with Crippen LogP contribution in [0.3, 0.4) is 0 Å². The summed E-state index contributed by atoms with van der Waals surface area (Å²) < 4.78 is 10.6. The number of nitrogens with zero attached hydrogens (tertiary/aromatic N) is 3. The van der Waals surface area contributed by atoms with Gasteiger partial charge >= 0.3 is 0 Å². The zero-order valence-electron chi connectivity index (χ0n) is 31.2. The van der Waals surface area contributed by atoms with E-state index in [1.165, 1.54) is 44.5 Å². The molecule has 1 aliphatic carbocycles. The van der Waals surface area contributed by atoms with Crippen LogP contribution in [-0.4, -0.2) is 9.55 Å². The summed E-state index contributed by atoms with van der Waals surface area (Å²) in [5.41, 5.74) is 11.0. The first kappa shape index (κ1) is 33.5. The maximum Gasteiger partial charge on any atom is 0.243 e. The van der Waals surface area contributed by atoms with Crippen molar-refractivity contribution in [3.8, 4) is 28.4 Å². The molecule has 2 aromatic heterocycles. The number of ether oxygens (including phenoxy) is 1. The molecule has 0 fully saturated rings. The van der Waals surface area contributed by atoms with Gasteiger partial charge in [0.25, 0.3) is 0 Å². The van der Waals surface area contributed by atoms with E-state index in [-0.39, 0.29) is 16.2 Å². The lowest BCUT2D eigenvalue weighted by molar-refractivity contribution is -0.674. The van der Waals surface area contributed by atoms with E-state index in [2.05, 4.69) is 154 Å². The molecule has 254 valence electrons. The SMILES string of the molecule is C[n+]1[c-]n(-c2cccc(Oc3cc(C(C)(C)C)cc(C4(c5ccccc5)c5cc(C(C)(C)C)ccc5-c5ccc(C(C)(C)C)cc54)n3)c2)cc1. The third kappa shape index (κ3) is 5.85. The average molecular weight is 660 g/mol. The van der Waals surface area contributed by atoms with Crippen LogP contribution in [0, 0.1) is 6.33 Å². The van der Waals surface area contributed by atoms with Crippen molar-refractivity contribution >= 4 is 0 Å². The molecular formula is C46H49N3O. The smallest absolute Gasteiger partial charge is 0.243 e. The summed E-state index contributed by atoms with van der Waals surface area (Å²) >= 11 is 0. The molecule has 7 rings (SSSR count). The minimum atomic E-state index is -0.676. The molecule has 1 aliphatic rings. The van der Waals surface area contributed by atoms with Crippen molar-refractivity contribution < 1.29 is 9.30 Å². The van der Waals surface area contributed by atoms with Gasteiger partial charge in [0.15, 0.2) is 0 Å². The van der Waals surface area contributed by atoms with Gasteiger partial charge in [-0.3, -0.25) is 0 Å². The van der Waals surface area contributed by atoms with Crippen molar-refractivity contribution in [3.63, 3.8) is 0 Å². The molecule has 0 N–H and O–H groups in total. The Hall–Kier alpha value is -4.96. The van der Waals surface area contributed by atoms with Gasteiger partial charge in [-0.25, -0.2) is 4.98 Å². The summed E-state index contributed by atoms with van der Waals surface area (Å²) in [6, 6.07) is 37.7. The van der Waals surface area contributed by atoms with Crippen molar-refractivity contribution in [2.24, 2.45) is 7.05 Å². The average Bonchev–Trinajstić information content (AvgIpc) is 3.63. The molecule has 0 unspecified atom stereocenters. The highest BCUT2D eigenvalue weighted by Gasteiger charge is 2.48. The van der Waals surface area contributed by atoms with Gasteiger partial charge < -0.3 is 13.9 Å². The molecule has 0 bridgehead atoms. The Balaban J connectivity index is 1.53. The quantitative estimate of drug-likeness (QED) is 0.136. The van der Waals surface area contributed by atoms with Crippen molar-refractivity contribution in [3.05, 3.63) is 161 Å². The van der Waals surface area contributed by atoms with E-state index in [1.54, 1.807) is 0 Å². The summed E-state index contributed by atoms with van der Waals surface area (Å²) in [5, 5.41) is 0. The van der Waals surface area contributed by atoms with Crippen molar-refractivity contribution in [1.82, 2.24) is 9.55 Å². The third-order valence-electron chi connectivity index (χ3n) is 10.2. The minimum absolute atomic E-state index is 0.0308. The molecule has 0 saturated heterocycles. The predicted molar refractivity (Wildman–Crippen MR) is 203 cm³/mol. The summed E-state index contributed by atoms with van der Waals surface area (Å²) in [5.74, 6) is 1.30. The van der Waals surface area contributed by atoms with Gasteiger partial charge in [0.2, 0.25) is 12.2 Å². The Morgan fingerprint density at radius 3 is 1.78 bits per heavy atom. The number of rotatable bonds is 5. The number of aromatic nitrogens is 3. The highest BCUT2D eigenvalue weighted by Crippen LogP contribution is 2.57. The van der Waals surface area contributed by atoms with Crippen molar-refractivity contribution in [2.45, 2.75) is 84.0 Å². The maximum atomic E-state index is 6.75. The molecule has 4 heteroatoms. The fourth-order valence-corrected chi connectivity index (χ4v) is 7.23. The second-order valence-corrected chi connectivity index (χ2v) is 16.9. The Bertz CT molecular complexity index is 2140. The number of hydrogen-bond acceptors (Lipinski definition) is 2. The molecule has 4 aromatic carbocycles. The molecule has 0 aliphatic heterocycles. The lowest BCUT2D eigenvalue weighted by Gasteiger charge is -2.35. The van der Waals surface area contributed by atoms with E-state index in [9.17, 15) is 0 Å². The predicted octanol–water partition coefficient (Wildman–Crippen LogP) is 10.5. The first-order valence-electron chi connectivity index (χ1n) is 17.7. The molecule has 0 saturated carbocycles. The topological polar surface area (TPSA) is 30.9 Å². The molecule has 0 radical (unpaired) electrons. The van der Waals surface area contributed by atoms with Crippen LogP contribution in [0.25, 0.3) is 16.8 Å². The van der Waals surface area contributed by atoms with Gasteiger partial charge in [0, 0.05) is 18.5 Å². The normalized spacial score (nSPS) is 14.0. The van der Waals surface area contributed by atoms with Crippen LogP contribution in [0.15, 0.2) is 116 Å². The van der Waals surface area contributed by atoms with E-state index in [0.29, 0.717) is 5.88 Å². The minimum Gasteiger partial charge on any atom is -0.440 e. The number of aryl methyl sites for hydroxylation is 1. The van der Waals surface area contributed by atoms with Gasteiger partial charge in [0.1, 0.15) is 5.75 Å². The van der Waals surface area contributed by atoms with Gasteiger partial charge in [-0.05, 0) is 79.0 Å². The van der Waals surface area contributed by atoms with Crippen LogP contribution >= 0.6 is 0 Å². The van der Waals surface area contributed by atoms with Crippen molar-refractivity contribution in [2.75, 3.05) is 0 Å². The molecule has 50 heavy (non-hydrogen) atoms. The summed E-state index contributed by atoms with van der Waals surface area (Å²) in [7, 11) is 1.97. The van der Waals surface area contributed by atoms with E-state index < -0.39 is 5.41 Å². The van der Waals surface area contributed by atoms with E-state index in [4.69, 9.17) is 9.72 Å². The van der Waals surface area contributed by atoms with Crippen LogP contribution in [0.5, 0.6) is 11.6 Å². The Kier molecular flexibility index (Phi) is 7.93. The molecule has 6 aromatic rings. The highest BCUT2D eigenvalue weighted by molar-refractivity contribution is 5.86. The molecule has 0 amide bonds. The lowest BCUT2D eigenvalue weighted by Crippen LogP contribution is -2.31. The van der Waals surface area contributed by atoms with E-state index in [1.807, 2.05) is 46.8 Å². The lowest BCUT2D eigenvalue weighted by atomic mass is 9.67. The van der Waals surface area contributed by atoms with E-state index >= 15 is 0 Å². The standard InChI is InChI=1S/C46H49N3O/c1-43(2,3)32-19-21-37-38-22-20-33(44(4,5)6)26-40(38)46(39(37)25-32,31-15-12-11-13-16-31)41-27-34(45(7,8)9)28-42(47-41)50-36-18-14-17-35(29-36)49-24-23-48(10)30-49/h11-29H,1-10H3. The Morgan fingerprint density at radius 2 is 1.24 bits per heavy atom. The second-order valence-electron chi connectivity index (χ2n) is 16.9. The third-order valence-corrected chi connectivity index (χ3v) is 10.2. The fraction of sp³-hybridized carbons (Fsp3) is 0.304. The van der Waals surface area contributed by atoms with Crippen LogP contribution in [0.2, 0.25) is 0 Å². The zero-order chi connectivity index (χ0) is 35.6. The molecule has 0 atom stereocenters. The van der Waals surface area contributed by atoms with Crippen LogP contribution in [0.4, 0.5) is 0 Å². The summed E-state index contributed by atoms with van der Waals surface area (Å²) in [6.07, 6.45) is 7.26. The van der Waals surface area contributed by atoms with Gasteiger partial charge in [-0.15, -0.1) is 0 Å². The Morgan fingerprint density at radius 1 is 0.640 bits per heavy atom. The summed E-state index contributed by atoms with van der Waals surface area (Å²) in [4.78, 5) is 5.52. The van der Waals surface area contributed by atoms with Crippen LogP contribution < -0.4 is 9.30 Å². The number of benzene rings is 4. The van der Waals surface area contributed by atoms with Crippen molar-refractivity contribution in [1.29, 1.82) is 0 Å².